The van der Waals surface area contributed by atoms with Gasteiger partial charge in [-0.25, -0.2) is 0 Å². The Kier molecular flexibility index (Phi) is 4.04. The summed E-state index contributed by atoms with van der Waals surface area (Å²) in [4.78, 5) is 0. The van der Waals surface area contributed by atoms with Gasteiger partial charge in [0, 0.05) is 11.1 Å². The van der Waals surface area contributed by atoms with Crippen molar-refractivity contribution >= 4 is 28.9 Å². The lowest BCUT2D eigenvalue weighted by molar-refractivity contribution is 0.303. The highest BCUT2D eigenvalue weighted by Gasteiger charge is 2.21. The van der Waals surface area contributed by atoms with E-state index < -0.39 is 0 Å². The van der Waals surface area contributed by atoms with Crippen molar-refractivity contribution in [1.82, 2.24) is 0 Å². The van der Waals surface area contributed by atoms with E-state index in [1.54, 1.807) is 12.1 Å². The van der Waals surface area contributed by atoms with Crippen LogP contribution in [0.1, 0.15) is 23.1 Å². The zero-order valence-electron chi connectivity index (χ0n) is 11.1. The number of hydrogen-bond acceptors (Lipinski definition) is 3. The molecule has 1 N–H and O–H groups in total. The number of nitrogens with zero attached hydrogens (tertiary/aromatic N) is 1. The first kappa shape index (κ1) is 14.2. The van der Waals surface area contributed by atoms with Crippen molar-refractivity contribution in [2.75, 3.05) is 0 Å². The van der Waals surface area contributed by atoms with Gasteiger partial charge in [-0.3, -0.25) is 0 Å². The zero-order chi connectivity index (χ0) is 14.8. The number of rotatable bonds is 3. The van der Waals surface area contributed by atoms with Gasteiger partial charge < -0.3 is 9.94 Å². The van der Waals surface area contributed by atoms with Gasteiger partial charge in [0.25, 0.3) is 0 Å². The molecule has 0 saturated heterocycles. The lowest BCUT2D eigenvalue weighted by Crippen LogP contribution is -1.99. The molecular formula is C16H13Cl2NO2. The molecule has 0 spiro atoms. The van der Waals surface area contributed by atoms with Crippen molar-refractivity contribution in [3.63, 3.8) is 0 Å². The number of fused-ring (bicyclic) bond motifs is 1. The summed E-state index contributed by atoms with van der Waals surface area (Å²) in [5.74, 6) is 0.817. The molecule has 0 radical (unpaired) electrons. The molecule has 0 heterocycles. The molecule has 1 aliphatic rings. The van der Waals surface area contributed by atoms with Crippen LogP contribution in [0.3, 0.4) is 0 Å². The van der Waals surface area contributed by atoms with Crippen molar-refractivity contribution < 1.29 is 9.94 Å². The van der Waals surface area contributed by atoms with Crippen molar-refractivity contribution in [3.05, 3.63) is 63.1 Å². The second-order valence-corrected chi connectivity index (χ2v) is 5.68. The molecular weight excluding hydrogens is 309 g/mol. The Morgan fingerprint density at radius 3 is 2.71 bits per heavy atom. The summed E-state index contributed by atoms with van der Waals surface area (Å²) >= 11 is 11.9. The first-order chi connectivity index (χ1) is 10.2. The lowest BCUT2D eigenvalue weighted by atomic mass is 10.1. The van der Waals surface area contributed by atoms with Crippen molar-refractivity contribution in [3.8, 4) is 5.75 Å². The summed E-state index contributed by atoms with van der Waals surface area (Å²) in [5.41, 5.74) is 3.72. The molecule has 0 atom stereocenters. The van der Waals surface area contributed by atoms with Crippen LogP contribution in [0.15, 0.2) is 41.6 Å². The maximum Gasteiger partial charge on any atom is 0.123 e. The number of benzene rings is 2. The Bertz CT molecular complexity index is 713. The highest BCUT2D eigenvalue weighted by atomic mass is 35.5. The molecule has 0 fully saturated rings. The molecule has 3 rings (SSSR count). The largest absolute Gasteiger partial charge is 0.489 e. The molecule has 0 unspecified atom stereocenters. The van der Waals surface area contributed by atoms with Gasteiger partial charge in [0.2, 0.25) is 0 Å². The number of halogens is 2. The fourth-order valence-electron chi connectivity index (χ4n) is 2.50. The van der Waals surface area contributed by atoms with Crippen molar-refractivity contribution in [1.29, 1.82) is 0 Å². The monoisotopic (exact) mass is 321 g/mol. The standard InChI is InChI=1S/C16H13Cl2NO2/c17-13-6-4-10(8-14(13)18)9-21-16-3-1-2-11-12(16)5-7-15(11)19-20/h1-4,6,8,20H,5,7,9H2. The number of ether oxygens (including phenoxy) is 1. The summed E-state index contributed by atoms with van der Waals surface area (Å²) in [6, 6.07) is 11.2. The molecule has 2 aromatic rings. The first-order valence-corrected chi connectivity index (χ1v) is 7.34. The van der Waals surface area contributed by atoms with E-state index in [-0.39, 0.29) is 0 Å². The Labute approximate surface area is 132 Å². The third-order valence-corrected chi connectivity index (χ3v) is 4.29. The molecule has 108 valence electrons. The first-order valence-electron chi connectivity index (χ1n) is 6.59. The molecule has 0 amide bonds. The quantitative estimate of drug-likeness (QED) is 0.657. The molecule has 5 heteroatoms. The second-order valence-electron chi connectivity index (χ2n) is 4.87. The predicted molar refractivity (Wildman–Crippen MR) is 83.9 cm³/mol. The summed E-state index contributed by atoms with van der Waals surface area (Å²) in [6.07, 6.45) is 1.56. The molecule has 0 aliphatic heterocycles. The lowest BCUT2D eigenvalue weighted by Gasteiger charge is -2.11. The topological polar surface area (TPSA) is 41.8 Å². The third-order valence-electron chi connectivity index (χ3n) is 3.55. The number of hydrogen-bond donors (Lipinski definition) is 1. The third kappa shape index (κ3) is 2.85. The average molecular weight is 322 g/mol. The SMILES string of the molecule is ON=C1CCc2c(OCc3ccc(Cl)c(Cl)c3)cccc21. The Morgan fingerprint density at radius 2 is 1.95 bits per heavy atom. The van der Waals surface area contributed by atoms with Crippen LogP contribution in [-0.2, 0) is 13.0 Å². The zero-order valence-corrected chi connectivity index (χ0v) is 12.7. The average Bonchev–Trinajstić information content (AvgIpc) is 2.92. The van der Waals surface area contributed by atoms with Crippen LogP contribution in [0.2, 0.25) is 10.0 Å². The Balaban J connectivity index is 1.80. The van der Waals surface area contributed by atoms with Gasteiger partial charge in [-0.15, -0.1) is 0 Å². The summed E-state index contributed by atoms with van der Waals surface area (Å²) < 4.78 is 5.88. The van der Waals surface area contributed by atoms with E-state index in [1.807, 2.05) is 24.3 Å². The number of oxime groups is 1. The second kappa shape index (κ2) is 5.96. The smallest absolute Gasteiger partial charge is 0.123 e. The summed E-state index contributed by atoms with van der Waals surface area (Å²) in [5, 5.41) is 13.4. The van der Waals surface area contributed by atoms with Gasteiger partial charge in [-0.2, -0.15) is 0 Å². The van der Waals surface area contributed by atoms with E-state index in [0.717, 1.165) is 35.3 Å². The molecule has 0 bridgehead atoms. The van der Waals surface area contributed by atoms with E-state index in [2.05, 4.69) is 5.16 Å². The predicted octanol–water partition coefficient (Wildman–Crippen LogP) is 4.70. The van der Waals surface area contributed by atoms with Crippen LogP contribution in [0.5, 0.6) is 5.75 Å². The normalized spacial score (nSPS) is 15.2. The van der Waals surface area contributed by atoms with Gasteiger partial charge in [0.05, 0.1) is 15.8 Å². The highest BCUT2D eigenvalue weighted by Crippen LogP contribution is 2.31. The van der Waals surface area contributed by atoms with Crippen LogP contribution < -0.4 is 4.74 Å². The van der Waals surface area contributed by atoms with Crippen LogP contribution in [0.25, 0.3) is 0 Å². The van der Waals surface area contributed by atoms with E-state index in [1.165, 1.54) is 0 Å². The van der Waals surface area contributed by atoms with Gasteiger partial charge >= 0.3 is 0 Å². The van der Waals surface area contributed by atoms with E-state index in [9.17, 15) is 0 Å². The van der Waals surface area contributed by atoms with Gasteiger partial charge in [0.1, 0.15) is 12.4 Å². The fourth-order valence-corrected chi connectivity index (χ4v) is 2.82. The van der Waals surface area contributed by atoms with Crippen LogP contribution in [-0.4, -0.2) is 10.9 Å². The van der Waals surface area contributed by atoms with Gasteiger partial charge in [-0.05, 0) is 36.6 Å². The minimum atomic E-state index is 0.416. The molecule has 0 saturated carbocycles. The van der Waals surface area contributed by atoms with Gasteiger partial charge in [0.15, 0.2) is 0 Å². The molecule has 0 aromatic heterocycles. The molecule has 21 heavy (non-hydrogen) atoms. The van der Waals surface area contributed by atoms with Crippen LogP contribution >= 0.6 is 23.2 Å². The summed E-state index contributed by atoms with van der Waals surface area (Å²) in [7, 11) is 0. The van der Waals surface area contributed by atoms with Crippen LogP contribution in [0.4, 0.5) is 0 Å². The van der Waals surface area contributed by atoms with E-state index in [4.69, 9.17) is 33.1 Å². The van der Waals surface area contributed by atoms with Crippen molar-refractivity contribution in [2.45, 2.75) is 19.4 Å². The minimum absolute atomic E-state index is 0.416. The Morgan fingerprint density at radius 1 is 1.10 bits per heavy atom. The fraction of sp³-hybridized carbons (Fsp3) is 0.188. The maximum absolute atomic E-state index is 8.99. The highest BCUT2D eigenvalue weighted by molar-refractivity contribution is 6.42. The van der Waals surface area contributed by atoms with Crippen molar-refractivity contribution in [2.24, 2.45) is 5.16 Å². The molecule has 3 nitrogen and oxygen atoms in total. The van der Waals surface area contributed by atoms with E-state index in [0.29, 0.717) is 22.4 Å². The van der Waals surface area contributed by atoms with Crippen LogP contribution in [0, 0.1) is 0 Å². The summed E-state index contributed by atoms with van der Waals surface area (Å²) in [6.45, 7) is 0.416. The van der Waals surface area contributed by atoms with E-state index >= 15 is 0 Å². The molecule has 1 aliphatic carbocycles. The van der Waals surface area contributed by atoms with Gasteiger partial charge in [-0.1, -0.05) is 46.6 Å². The Hall–Kier alpha value is -1.71. The minimum Gasteiger partial charge on any atom is -0.489 e. The molecule has 2 aromatic carbocycles. The maximum atomic E-state index is 8.99.